The van der Waals surface area contributed by atoms with Crippen LogP contribution in [-0.4, -0.2) is 13.4 Å². The summed E-state index contributed by atoms with van der Waals surface area (Å²) in [4.78, 5) is 5.13. The third kappa shape index (κ3) is 5.77. The second kappa shape index (κ2) is 14.1. The molecule has 2 nitrogen and oxygen atoms in total. The fraction of sp³-hybridized carbons (Fsp3) is 0.129. The Kier molecular flexibility index (Phi) is 8.36. The van der Waals surface area contributed by atoms with Crippen molar-refractivity contribution in [3.05, 3.63) is 205 Å². The molecule has 314 valence electrons. The molecule has 0 fully saturated rings. The minimum Gasteiger partial charge on any atom is -0.312 e. The van der Waals surface area contributed by atoms with Gasteiger partial charge in [-0.1, -0.05) is 186 Å². The van der Waals surface area contributed by atoms with Gasteiger partial charge in [-0.3, -0.25) is 0 Å². The summed E-state index contributed by atoms with van der Waals surface area (Å²) >= 11 is 0. The predicted octanol–water partition coefficient (Wildman–Crippen LogP) is 12.2. The zero-order valence-corrected chi connectivity index (χ0v) is 38.5. The lowest BCUT2D eigenvalue weighted by atomic mass is 9.34. The van der Waals surface area contributed by atoms with E-state index in [0.29, 0.717) is 0 Å². The first-order valence-corrected chi connectivity index (χ1v) is 23.7. The highest BCUT2D eigenvalue weighted by molar-refractivity contribution is 7.03. The van der Waals surface area contributed by atoms with Gasteiger partial charge in [-0.2, -0.15) is 0 Å². The van der Waals surface area contributed by atoms with E-state index in [1.165, 1.54) is 123 Å². The highest BCUT2D eigenvalue weighted by Crippen LogP contribution is 2.47. The van der Waals surface area contributed by atoms with Gasteiger partial charge in [0, 0.05) is 34.1 Å². The van der Waals surface area contributed by atoms with Crippen LogP contribution in [0.4, 0.5) is 34.1 Å². The van der Waals surface area contributed by atoms with Crippen LogP contribution in [0.2, 0.25) is 0 Å². The maximum Gasteiger partial charge on any atom is 0.248 e. The van der Waals surface area contributed by atoms with E-state index >= 15 is 0 Å². The lowest BCUT2D eigenvalue weighted by Crippen LogP contribution is -2.58. The highest BCUT2D eigenvalue weighted by Gasteiger charge is 2.47. The number of anilines is 6. The van der Waals surface area contributed by atoms with Crippen LogP contribution in [-0.2, 0) is 10.8 Å². The molecule has 0 bridgehead atoms. The van der Waals surface area contributed by atoms with E-state index in [9.17, 15) is 0 Å². The average molecular weight is 845 g/mol. The summed E-state index contributed by atoms with van der Waals surface area (Å²) in [7, 11) is 0. The van der Waals surface area contributed by atoms with Gasteiger partial charge in [-0.15, -0.1) is 0 Å². The molecule has 0 aliphatic carbocycles. The number of hydrogen-bond donors (Lipinski definition) is 0. The van der Waals surface area contributed by atoms with E-state index in [4.69, 9.17) is 0 Å². The van der Waals surface area contributed by atoms with Crippen molar-refractivity contribution in [2.24, 2.45) is 0 Å². The first-order valence-electron chi connectivity index (χ1n) is 23.7. The van der Waals surface area contributed by atoms with Crippen molar-refractivity contribution in [1.82, 2.24) is 0 Å². The Morgan fingerprint density at radius 3 is 1.36 bits per heavy atom. The number of nitrogens with zero attached hydrogens (tertiary/aromatic N) is 2. The molecule has 0 N–H and O–H groups in total. The summed E-state index contributed by atoms with van der Waals surface area (Å²) < 4.78 is 0. The van der Waals surface area contributed by atoms with E-state index in [1.807, 2.05) is 0 Å². The third-order valence-electron chi connectivity index (χ3n) is 15.0. The summed E-state index contributed by atoms with van der Waals surface area (Å²) in [5.74, 6) is 0. The average Bonchev–Trinajstić information content (AvgIpc) is 3.85. The molecule has 4 heteroatoms. The first-order chi connectivity index (χ1) is 32.0. The molecule has 9 aromatic rings. The maximum absolute atomic E-state index is 2.59. The number of fused-ring (bicyclic) bond motifs is 10. The Labute approximate surface area is 390 Å². The fourth-order valence-electron chi connectivity index (χ4n) is 11.7. The molecular formula is C62H50B2N2. The SMILES string of the molecule is CC(C)(C)c1ccc(-c2ccc3c(c2)-c2cc(-c4ccc(C(C)(C)C)cc4)cc4c2B3c2cc3c(cc2N4c2ccccc2)B2c4ccccc4-c4cccc(c42)N3c2ccccc2)cc1. The van der Waals surface area contributed by atoms with Crippen LogP contribution in [0.15, 0.2) is 194 Å². The Morgan fingerprint density at radius 1 is 0.303 bits per heavy atom. The summed E-state index contributed by atoms with van der Waals surface area (Å²) in [5.41, 5.74) is 28.7. The molecule has 0 aromatic heterocycles. The van der Waals surface area contributed by atoms with Gasteiger partial charge in [-0.05, 0) is 149 Å². The van der Waals surface area contributed by atoms with Crippen molar-refractivity contribution in [1.29, 1.82) is 0 Å². The van der Waals surface area contributed by atoms with Crippen molar-refractivity contribution in [2.45, 2.75) is 52.4 Å². The molecule has 0 unspecified atom stereocenters. The summed E-state index contributed by atoms with van der Waals surface area (Å²) in [6.45, 7) is 13.9. The molecular weight excluding hydrogens is 794 g/mol. The maximum atomic E-state index is 2.59. The number of rotatable bonds is 4. The van der Waals surface area contributed by atoms with E-state index in [1.54, 1.807) is 0 Å². The van der Waals surface area contributed by atoms with E-state index < -0.39 is 0 Å². The van der Waals surface area contributed by atoms with E-state index in [0.717, 1.165) is 0 Å². The summed E-state index contributed by atoms with van der Waals surface area (Å²) in [6.07, 6.45) is 0. The van der Waals surface area contributed by atoms with E-state index in [2.05, 4.69) is 245 Å². The van der Waals surface area contributed by atoms with Crippen LogP contribution in [0.1, 0.15) is 52.7 Å². The quantitative estimate of drug-likeness (QED) is 0.163. The molecule has 66 heavy (non-hydrogen) atoms. The van der Waals surface area contributed by atoms with Gasteiger partial charge in [0.05, 0.1) is 0 Å². The molecule has 0 saturated carbocycles. The second-order valence-corrected chi connectivity index (χ2v) is 20.9. The van der Waals surface area contributed by atoms with Gasteiger partial charge in [-0.25, -0.2) is 0 Å². The lowest BCUT2D eigenvalue weighted by molar-refractivity contribution is 0.590. The van der Waals surface area contributed by atoms with Crippen LogP contribution in [0.25, 0.3) is 44.5 Å². The van der Waals surface area contributed by atoms with Crippen LogP contribution >= 0.6 is 0 Å². The van der Waals surface area contributed by atoms with Crippen molar-refractivity contribution in [2.75, 3.05) is 9.80 Å². The van der Waals surface area contributed by atoms with Crippen molar-refractivity contribution < 1.29 is 0 Å². The van der Waals surface area contributed by atoms with Gasteiger partial charge >= 0.3 is 0 Å². The highest BCUT2D eigenvalue weighted by atomic mass is 15.2. The van der Waals surface area contributed by atoms with Crippen LogP contribution in [0.3, 0.4) is 0 Å². The zero-order chi connectivity index (χ0) is 44.6. The fourth-order valence-corrected chi connectivity index (χ4v) is 11.7. The molecule has 0 saturated heterocycles. The number of hydrogen-bond acceptors (Lipinski definition) is 2. The Morgan fingerprint density at radius 2 is 0.773 bits per heavy atom. The number of benzene rings is 9. The molecule has 0 amide bonds. The zero-order valence-electron chi connectivity index (χ0n) is 38.5. The smallest absolute Gasteiger partial charge is 0.248 e. The standard InChI is InChI=1S/C62H50B2N2/c1-61(2,3)43-29-24-39(25-30-43)41-28-33-52-49(34-41)50-35-42(40-26-31-44(32-27-40)62(4,5)6)36-58-60(50)64(52)54-37-56-53(38-57(54)66(58)46-18-11-8-12-19-46)63-51-22-14-13-20-47(51)48-21-15-23-55(59(48)63)65(56)45-16-9-7-10-17-45/h7-38H,1-6H3. The summed E-state index contributed by atoms with van der Waals surface area (Å²) in [5, 5.41) is 0. The molecule has 0 radical (unpaired) electrons. The normalized spacial score (nSPS) is 13.8. The molecule has 4 aliphatic rings. The molecule has 4 aliphatic heterocycles. The van der Waals surface area contributed by atoms with Crippen molar-refractivity contribution in [3.63, 3.8) is 0 Å². The lowest BCUT2D eigenvalue weighted by Gasteiger charge is -2.41. The van der Waals surface area contributed by atoms with Crippen molar-refractivity contribution >= 4 is 80.3 Å². The van der Waals surface area contributed by atoms with Gasteiger partial charge < -0.3 is 9.80 Å². The first kappa shape index (κ1) is 39.1. The predicted molar refractivity (Wildman–Crippen MR) is 284 cm³/mol. The van der Waals surface area contributed by atoms with Gasteiger partial charge in [0.2, 0.25) is 13.4 Å². The van der Waals surface area contributed by atoms with E-state index in [-0.39, 0.29) is 24.3 Å². The molecule has 13 rings (SSSR count). The Balaban J connectivity index is 1.10. The molecule has 0 spiro atoms. The largest absolute Gasteiger partial charge is 0.312 e. The summed E-state index contributed by atoms with van der Waals surface area (Å²) in [6, 6.07) is 74.1. The van der Waals surface area contributed by atoms with Gasteiger partial charge in [0.1, 0.15) is 0 Å². The molecule has 0 atom stereocenters. The third-order valence-corrected chi connectivity index (χ3v) is 15.0. The minimum atomic E-state index is 0.0427. The topological polar surface area (TPSA) is 6.48 Å². The monoisotopic (exact) mass is 844 g/mol. The Bertz CT molecular complexity index is 3430. The Hall–Kier alpha value is -7.29. The van der Waals surface area contributed by atoms with Crippen LogP contribution in [0, 0.1) is 0 Å². The van der Waals surface area contributed by atoms with Crippen molar-refractivity contribution in [3.8, 4) is 44.5 Å². The van der Waals surface area contributed by atoms with Crippen LogP contribution < -0.4 is 42.6 Å². The molecule has 9 aromatic carbocycles. The van der Waals surface area contributed by atoms with Crippen LogP contribution in [0.5, 0.6) is 0 Å². The second-order valence-electron chi connectivity index (χ2n) is 20.9. The van der Waals surface area contributed by atoms with Gasteiger partial charge in [0.25, 0.3) is 0 Å². The molecule has 4 heterocycles. The number of para-hydroxylation sites is 2. The minimum absolute atomic E-state index is 0.0427. The van der Waals surface area contributed by atoms with Gasteiger partial charge in [0.15, 0.2) is 0 Å².